The van der Waals surface area contributed by atoms with Crippen molar-refractivity contribution in [3.8, 4) is 0 Å². The molecule has 0 aromatic carbocycles. The molecule has 2 aromatic heterocycles. The van der Waals surface area contributed by atoms with Crippen molar-refractivity contribution >= 4 is 27.8 Å². The van der Waals surface area contributed by atoms with Gasteiger partial charge in [-0.3, -0.25) is 0 Å². The largest absolute Gasteiger partial charge is 0.391 e. The number of hydrogen-bond donors (Lipinski definition) is 1. The third-order valence-electron chi connectivity index (χ3n) is 3.01. The van der Waals surface area contributed by atoms with Crippen molar-refractivity contribution in [3.63, 3.8) is 0 Å². The lowest BCUT2D eigenvalue weighted by Crippen LogP contribution is -2.19. The van der Waals surface area contributed by atoms with Gasteiger partial charge in [-0.15, -0.1) is 11.3 Å². The van der Waals surface area contributed by atoms with Gasteiger partial charge in [-0.1, -0.05) is 31.3 Å². The van der Waals surface area contributed by atoms with Gasteiger partial charge >= 0.3 is 0 Å². The van der Waals surface area contributed by atoms with Crippen molar-refractivity contribution in [1.29, 1.82) is 0 Å². The van der Waals surface area contributed by atoms with Crippen molar-refractivity contribution < 1.29 is 5.11 Å². The molecule has 2 aromatic rings. The molecule has 19 heavy (non-hydrogen) atoms. The number of aliphatic hydroxyl groups excluding tert-OH is 1. The first-order valence-electron chi connectivity index (χ1n) is 6.45. The Morgan fingerprint density at radius 2 is 2.21 bits per heavy atom. The number of rotatable bonds is 6. The zero-order chi connectivity index (χ0) is 13.8. The minimum atomic E-state index is 0.0872. The first kappa shape index (κ1) is 14.5. The van der Waals surface area contributed by atoms with Gasteiger partial charge < -0.3 is 10.0 Å². The monoisotopic (exact) mass is 296 g/mol. The Balaban J connectivity index is 2.04. The van der Waals surface area contributed by atoms with E-state index < -0.39 is 0 Å². The van der Waals surface area contributed by atoms with Gasteiger partial charge in [0.15, 0.2) is 5.13 Å². The van der Waals surface area contributed by atoms with Crippen LogP contribution in [-0.4, -0.2) is 23.7 Å². The van der Waals surface area contributed by atoms with Crippen molar-refractivity contribution in [2.24, 2.45) is 0 Å². The molecule has 1 N–H and O–H groups in total. The topological polar surface area (TPSA) is 36.4 Å². The van der Waals surface area contributed by atoms with Crippen LogP contribution in [0, 0.1) is 0 Å². The highest BCUT2D eigenvalue weighted by molar-refractivity contribution is 7.15. The van der Waals surface area contributed by atoms with Crippen molar-refractivity contribution in [1.82, 2.24) is 4.98 Å². The standard InChI is InChI=1S/C14H20N2OS2/c1-10(2)13-12(9-17)19-14(15-13)16(3)7-6-11-5-4-8-18-11/h4-5,8,10,17H,6-7,9H2,1-3H3. The molecular formula is C14H20N2OS2. The number of likely N-dealkylation sites (N-methyl/N-ethyl adjacent to an activating group) is 1. The summed E-state index contributed by atoms with van der Waals surface area (Å²) in [7, 11) is 2.07. The summed E-state index contributed by atoms with van der Waals surface area (Å²) >= 11 is 3.40. The first-order chi connectivity index (χ1) is 9.11. The maximum Gasteiger partial charge on any atom is 0.185 e. The van der Waals surface area contributed by atoms with E-state index >= 15 is 0 Å². The number of aliphatic hydroxyl groups is 1. The van der Waals surface area contributed by atoms with Crippen LogP contribution >= 0.6 is 22.7 Å². The predicted octanol–water partition coefficient (Wildman–Crippen LogP) is 3.50. The summed E-state index contributed by atoms with van der Waals surface area (Å²) in [4.78, 5) is 9.24. The molecule has 0 aliphatic carbocycles. The number of thiazole rings is 1. The third-order valence-corrected chi connectivity index (χ3v) is 5.11. The summed E-state index contributed by atoms with van der Waals surface area (Å²) in [6, 6.07) is 4.25. The lowest BCUT2D eigenvalue weighted by atomic mass is 10.1. The van der Waals surface area contributed by atoms with Crippen LogP contribution in [0.3, 0.4) is 0 Å². The summed E-state index contributed by atoms with van der Waals surface area (Å²) < 4.78 is 0. The van der Waals surface area contributed by atoms with Crippen LogP contribution in [0.5, 0.6) is 0 Å². The van der Waals surface area contributed by atoms with E-state index in [2.05, 4.69) is 48.3 Å². The molecule has 0 saturated carbocycles. The fraction of sp³-hybridized carbons (Fsp3) is 0.500. The number of nitrogens with zero attached hydrogens (tertiary/aromatic N) is 2. The van der Waals surface area contributed by atoms with E-state index in [0.717, 1.165) is 28.7 Å². The molecule has 0 aliphatic rings. The molecule has 0 unspecified atom stereocenters. The van der Waals surface area contributed by atoms with E-state index in [-0.39, 0.29) is 6.61 Å². The molecule has 104 valence electrons. The molecule has 0 radical (unpaired) electrons. The van der Waals surface area contributed by atoms with E-state index in [1.54, 1.807) is 22.7 Å². The van der Waals surface area contributed by atoms with E-state index in [4.69, 9.17) is 0 Å². The van der Waals surface area contributed by atoms with E-state index in [0.29, 0.717) is 5.92 Å². The third kappa shape index (κ3) is 3.55. The lowest BCUT2D eigenvalue weighted by Gasteiger charge is -2.14. The van der Waals surface area contributed by atoms with Gasteiger partial charge in [-0.2, -0.15) is 0 Å². The van der Waals surface area contributed by atoms with Crippen molar-refractivity contribution in [2.45, 2.75) is 32.8 Å². The molecule has 0 bridgehead atoms. The molecule has 0 amide bonds. The summed E-state index contributed by atoms with van der Waals surface area (Å²) in [6.45, 7) is 5.27. The van der Waals surface area contributed by atoms with Crippen LogP contribution in [-0.2, 0) is 13.0 Å². The van der Waals surface area contributed by atoms with Gasteiger partial charge in [0.25, 0.3) is 0 Å². The van der Waals surface area contributed by atoms with E-state index in [1.807, 2.05) is 0 Å². The molecule has 0 aliphatic heterocycles. The molecule has 0 saturated heterocycles. The zero-order valence-electron chi connectivity index (χ0n) is 11.6. The zero-order valence-corrected chi connectivity index (χ0v) is 13.2. The molecule has 3 nitrogen and oxygen atoms in total. The average molecular weight is 296 g/mol. The van der Waals surface area contributed by atoms with Crippen molar-refractivity contribution in [2.75, 3.05) is 18.5 Å². The predicted molar refractivity (Wildman–Crippen MR) is 83.4 cm³/mol. The van der Waals surface area contributed by atoms with E-state index in [1.165, 1.54) is 4.88 Å². The lowest BCUT2D eigenvalue weighted by molar-refractivity contribution is 0.283. The summed E-state index contributed by atoms with van der Waals surface area (Å²) in [5.74, 6) is 0.359. The fourth-order valence-corrected chi connectivity index (χ4v) is 3.67. The molecule has 2 heterocycles. The summed E-state index contributed by atoms with van der Waals surface area (Å²) in [6.07, 6.45) is 1.04. The number of hydrogen-bond acceptors (Lipinski definition) is 5. The maximum absolute atomic E-state index is 9.40. The Morgan fingerprint density at radius 1 is 1.42 bits per heavy atom. The Kier molecular flexibility index (Phi) is 4.96. The van der Waals surface area contributed by atoms with Crippen LogP contribution in [0.4, 0.5) is 5.13 Å². The highest BCUT2D eigenvalue weighted by atomic mass is 32.1. The van der Waals surface area contributed by atoms with Crippen LogP contribution in [0.2, 0.25) is 0 Å². The average Bonchev–Trinajstić information content (AvgIpc) is 3.04. The molecule has 0 atom stereocenters. The van der Waals surface area contributed by atoms with Gasteiger partial charge in [0.1, 0.15) is 0 Å². The van der Waals surface area contributed by atoms with Gasteiger partial charge in [-0.05, 0) is 23.8 Å². The second-order valence-corrected chi connectivity index (χ2v) is 6.96. The highest BCUT2D eigenvalue weighted by Gasteiger charge is 2.15. The number of aromatic nitrogens is 1. The second kappa shape index (κ2) is 6.50. The molecule has 0 spiro atoms. The Morgan fingerprint density at radius 3 is 2.74 bits per heavy atom. The minimum Gasteiger partial charge on any atom is -0.391 e. The molecule has 0 fully saturated rings. The summed E-state index contributed by atoms with van der Waals surface area (Å²) in [5, 5.41) is 12.5. The Hall–Kier alpha value is -0.910. The maximum atomic E-state index is 9.40. The van der Waals surface area contributed by atoms with Crippen molar-refractivity contribution in [3.05, 3.63) is 33.0 Å². The minimum absolute atomic E-state index is 0.0872. The first-order valence-corrected chi connectivity index (χ1v) is 8.15. The van der Waals surface area contributed by atoms with Gasteiger partial charge in [-0.25, -0.2) is 4.98 Å². The molecule has 5 heteroatoms. The Labute approximate surface area is 122 Å². The molecule has 2 rings (SSSR count). The van der Waals surface area contributed by atoms with E-state index in [9.17, 15) is 5.11 Å². The number of anilines is 1. The smallest absolute Gasteiger partial charge is 0.185 e. The summed E-state index contributed by atoms with van der Waals surface area (Å²) in [5.41, 5.74) is 1.03. The normalized spacial score (nSPS) is 11.2. The molecular weight excluding hydrogens is 276 g/mol. The van der Waals surface area contributed by atoms with Gasteiger partial charge in [0, 0.05) is 18.5 Å². The fourth-order valence-electron chi connectivity index (χ4n) is 1.91. The van der Waals surface area contributed by atoms with Gasteiger partial charge in [0.05, 0.1) is 17.2 Å². The van der Waals surface area contributed by atoms with Gasteiger partial charge in [0.2, 0.25) is 0 Å². The van der Waals surface area contributed by atoms with Crippen LogP contribution in [0.15, 0.2) is 17.5 Å². The SMILES string of the molecule is CC(C)c1nc(N(C)CCc2cccs2)sc1CO. The second-order valence-electron chi connectivity index (χ2n) is 4.87. The number of thiophene rings is 1. The highest BCUT2D eigenvalue weighted by Crippen LogP contribution is 2.30. The van der Waals surface area contributed by atoms with Crippen LogP contribution < -0.4 is 4.90 Å². The van der Waals surface area contributed by atoms with Crippen LogP contribution in [0.1, 0.15) is 35.2 Å². The van der Waals surface area contributed by atoms with Crippen LogP contribution in [0.25, 0.3) is 0 Å². The quantitative estimate of drug-likeness (QED) is 0.886. The Bertz CT molecular complexity index is 506.